The van der Waals surface area contributed by atoms with E-state index in [9.17, 15) is 0 Å². The Bertz CT molecular complexity index is 762. The average Bonchev–Trinajstić information content (AvgIpc) is 2.99. The molecule has 0 spiro atoms. The van der Waals surface area contributed by atoms with Gasteiger partial charge in [-0.3, -0.25) is 10.5 Å². The third-order valence-corrected chi connectivity index (χ3v) is 3.85. The minimum Gasteiger partial charge on any atom is -0.457 e. The van der Waals surface area contributed by atoms with Gasteiger partial charge in [0.05, 0.1) is 11.2 Å². The summed E-state index contributed by atoms with van der Waals surface area (Å²) in [6, 6.07) is 7.34. The van der Waals surface area contributed by atoms with Gasteiger partial charge in [0.2, 0.25) is 0 Å². The molecule has 0 aliphatic rings. The van der Waals surface area contributed by atoms with Gasteiger partial charge in [0.1, 0.15) is 11.8 Å². The molecule has 3 aromatic rings. The molecule has 1 unspecified atom stereocenters. The molecule has 0 fully saturated rings. The standard InChI is InChI=1S/C14H15ClN4O/c1-8-10(7-17-19(8)2)13(18-16)12-6-9-4-3-5-11(15)14(9)20-12/h3-7,13,18H,16H2,1-2H3. The van der Waals surface area contributed by atoms with Crippen LogP contribution in [0.3, 0.4) is 0 Å². The van der Waals surface area contributed by atoms with Crippen LogP contribution >= 0.6 is 11.6 Å². The molecule has 2 heterocycles. The van der Waals surface area contributed by atoms with Crippen LogP contribution in [0.5, 0.6) is 0 Å². The van der Waals surface area contributed by atoms with Gasteiger partial charge in [0.25, 0.3) is 0 Å². The second kappa shape index (κ2) is 4.94. The second-order valence-electron chi connectivity index (χ2n) is 4.72. The van der Waals surface area contributed by atoms with Crippen LogP contribution < -0.4 is 11.3 Å². The number of rotatable bonds is 3. The van der Waals surface area contributed by atoms with Crippen molar-refractivity contribution in [1.82, 2.24) is 15.2 Å². The number of nitrogens with two attached hydrogens (primary N) is 1. The van der Waals surface area contributed by atoms with Gasteiger partial charge in [-0.2, -0.15) is 5.10 Å². The zero-order chi connectivity index (χ0) is 14.3. The van der Waals surface area contributed by atoms with Crippen molar-refractivity contribution in [3.05, 3.63) is 52.5 Å². The number of halogens is 1. The lowest BCUT2D eigenvalue weighted by Crippen LogP contribution is -2.28. The van der Waals surface area contributed by atoms with E-state index in [2.05, 4.69) is 10.5 Å². The Balaban J connectivity index is 2.12. The van der Waals surface area contributed by atoms with Crippen LogP contribution in [0.1, 0.15) is 23.1 Å². The molecule has 104 valence electrons. The number of fused-ring (bicyclic) bond motifs is 1. The molecule has 0 bridgehead atoms. The Hall–Kier alpha value is -1.82. The second-order valence-corrected chi connectivity index (χ2v) is 5.12. The third kappa shape index (κ3) is 2.00. The Morgan fingerprint density at radius 1 is 1.45 bits per heavy atom. The van der Waals surface area contributed by atoms with Gasteiger partial charge < -0.3 is 4.42 Å². The summed E-state index contributed by atoms with van der Waals surface area (Å²) < 4.78 is 7.66. The quantitative estimate of drug-likeness (QED) is 0.575. The highest BCUT2D eigenvalue weighted by atomic mass is 35.5. The molecule has 0 saturated carbocycles. The first-order valence-corrected chi connectivity index (χ1v) is 6.62. The smallest absolute Gasteiger partial charge is 0.152 e. The number of hydrogen-bond donors (Lipinski definition) is 2. The highest BCUT2D eigenvalue weighted by Crippen LogP contribution is 2.32. The van der Waals surface area contributed by atoms with Crippen LogP contribution in [0.2, 0.25) is 5.02 Å². The molecule has 3 N–H and O–H groups in total. The molecule has 6 heteroatoms. The molecule has 3 rings (SSSR count). The number of furan rings is 1. The topological polar surface area (TPSA) is 69.0 Å². The summed E-state index contributed by atoms with van der Waals surface area (Å²) in [6.45, 7) is 1.99. The van der Waals surface area contributed by atoms with Crippen molar-refractivity contribution in [3.63, 3.8) is 0 Å². The molecular formula is C14H15ClN4O. The lowest BCUT2D eigenvalue weighted by atomic mass is 10.1. The molecule has 0 aliphatic carbocycles. The summed E-state index contributed by atoms with van der Waals surface area (Å²) in [5.74, 6) is 6.41. The molecule has 0 radical (unpaired) electrons. The number of aromatic nitrogens is 2. The molecule has 0 amide bonds. The first-order valence-electron chi connectivity index (χ1n) is 6.24. The van der Waals surface area contributed by atoms with Gasteiger partial charge in [-0.25, -0.2) is 5.43 Å². The predicted octanol–water partition coefficient (Wildman–Crippen LogP) is 2.68. The average molecular weight is 291 g/mol. The van der Waals surface area contributed by atoms with Crippen molar-refractivity contribution in [2.45, 2.75) is 13.0 Å². The summed E-state index contributed by atoms with van der Waals surface area (Å²) in [4.78, 5) is 0. The van der Waals surface area contributed by atoms with Crippen LogP contribution in [0.25, 0.3) is 11.0 Å². The highest BCUT2D eigenvalue weighted by Gasteiger charge is 2.21. The SMILES string of the molecule is Cc1c(C(NN)c2cc3cccc(Cl)c3o2)cnn1C. The molecule has 2 aromatic heterocycles. The largest absolute Gasteiger partial charge is 0.457 e. The minimum absolute atomic E-state index is 0.257. The van der Waals surface area contributed by atoms with Crippen molar-refractivity contribution < 1.29 is 4.42 Å². The van der Waals surface area contributed by atoms with E-state index in [1.54, 1.807) is 16.9 Å². The molecule has 1 atom stereocenters. The number of aryl methyl sites for hydroxylation is 1. The fraction of sp³-hybridized carbons (Fsp3) is 0.214. The molecule has 20 heavy (non-hydrogen) atoms. The Labute approximate surface area is 121 Å². The van der Waals surface area contributed by atoms with Crippen molar-refractivity contribution in [1.29, 1.82) is 0 Å². The number of para-hydroxylation sites is 1. The van der Waals surface area contributed by atoms with E-state index < -0.39 is 0 Å². The maximum Gasteiger partial charge on any atom is 0.152 e. The van der Waals surface area contributed by atoms with Gasteiger partial charge in [-0.05, 0) is 19.1 Å². The van der Waals surface area contributed by atoms with Crippen molar-refractivity contribution in [3.8, 4) is 0 Å². The normalized spacial score (nSPS) is 13.0. The van der Waals surface area contributed by atoms with Crippen LogP contribution in [0, 0.1) is 6.92 Å². The fourth-order valence-electron chi connectivity index (χ4n) is 2.31. The monoisotopic (exact) mass is 290 g/mol. The number of nitrogens with zero attached hydrogens (tertiary/aromatic N) is 2. The van der Waals surface area contributed by atoms with Crippen molar-refractivity contribution in [2.75, 3.05) is 0 Å². The molecule has 1 aromatic carbocycles. The summed E-state index contributed by atoms with van der Waals surface area (Å²) >= 11 is 6.14. The van der Waals surface area contributed by atoms with Gasteiger partial charge in [-0.1, -0.05) is 23.7 Å². The number of hydrogen-bond acceptors (Lipinski definition) is 4. The zero-order valence-corrected chi connectivity index (χ0v) is 12.0. The third-order valence-electron chi connectivity index (χ3n) is 3.55. The highest BCUT2D eigenvalue weighted by molar-refractivity contribution is 6.34. The summed E-state index contributed by atoms with van der Waals surface area (Å²) in [7, 11) is 1.89. The first kappa shape index (κ1) is 13.2. The lowest BCUT2D eigenvalue weighted by Gasteiger charge is -2.12. The first-order chi connectivity index (χ1) is 9.61. The van der Waals surface area contributed by atoms with E-state index in [1.807, 2.05) is 32.2 Å². The maximum atomic E-state index is 6.14. The molecule has 0 aliphatic heterocycles. The molecular weight excluding hydrogens is 276 g/mol. The lowest BCUT2D eigenvalue weighted by molar-refractivity contribution is 0.476. The van der Waals surface area contributed by atoms with Crippen LogP contribution in [-0.2, 0) is 7.05 Å². The summed E-state index contributed by atoms with van der Waals surface area (Å²) in [6.07, 6.45) is 1.79. The van der Waals surface area contributed by atoms with Gasteiger partial charge >= 0.3 is 0 Å². The van der Waals surface area contributed by atoms with E-state index in [0.717, 1.165) is 16.6 Å². The Kier molecular flexibility index (Phi) is 3.25. The molecule has 5 nitrogen and oxygen atoms in total. The van der Waals surface area contributed by atoms with E-state index in [1.165, 1.54) is 0 Å². The van der Waals surface area contributed by atoms with E-state index in [-0.39, 0.29) is 6.04 Å². The van der Waals surface area contributed by atoms with Gasteiger partial charge in [0, 0.05) is 23.7 Å². The Morgan fingerprint density at radius 3 is 2.85 bits per heavy atom. The summed E-state index contributed by atoms with van der Waals surface area (Å²) in [5.41, 5.74) is 5.46. The Morgan fingerprint density at radius 2 is 2.25 bits per heavy atom. The van der Waals surface area contributed by atoms with Crippen LogP contribution in [0.15, 0.2) is 34.9 Å². The fourth-order valence-corrected chi connectivity index (χ4v) is 2.53. The van der Waals surface area contributed by atoms with E-state index >= 15 is 0 Å². The maximum absolute atomic E-state index is 6.14. The number of nitrogens with one attached hydrogen (secondary N) is 1. The van der Waals surface area contributed by atoms with E-state index in [0.29, 0.717) is 16.4 Å². The molecule has 0 saturated heterocycles. The zero-order valence-electron chi connectivity index (χ0n) is 11.2. The van der Waals surface area contributed by atoms with Gasteiger partial charge in [-0.15, -0.1) is 0 Å². The van der Waals surface area contributed by atoms with Gasteiger partial charge in [0.15, 0.2) is 5.58 Å². The summed E-state index contributed by atoms with van der Waals surface area (Å²) in [5, 5.41) is 5.78. The predicted molar refractivity (Wildman–Crippen MR) is 78.3 cm³/mol. The van der Waals surface area contributed by atoms with E-state index in [4.69, 9.17) is 21.9 Å². The van der Waals surface area contributed by atoms with Crippen molar-refractivity contribution >= 4 is 22.6 Å². The number of hydrazine groups is 1. The number of benzene rings is 1. The van der Waals surface area contributed by atoms with Crippen LogP contribution in [0.4, 0.5) is 0 Å². The van der Waals surface area contributed by atoms with Crippen LogP contribution in [-0.4, -0.2) is 9.78 Å². The van der Waals surface area contributed by atoms with Crippen molar-refractivity contribution in [2.24, 2.45) is 12.9 Å². The minimum atomic E-state index is -0.257.